The van der Waals surface area contributed by atoms with Crippen molar-refractivity contribution < 1.29 is 9.21 Å². The van der Waals surface area contributed by atoms with Gasteiger partial charge in [-0.2, -0.15) is 4.98 Å². The van der Waals surface area contributed by atoms with E-state index in [0.29, 0.717) is 47.9 Å². The lowest BCUT2D eigenvalue weighted by Gasteiger charge is -2.35. The molecule has 0 saturated carbocycles. The Bertz CT molecular complexity index is 1180. The molecule has 0 spiro atoms. The van der Waals surface area contributed by atoms with Gasteiger partial charge < -0.3 is 20.0 Å². The molecule has 1 aromatic carbocycles. The zero-order chi connectivity index (χ0) is 19.8. The molecule has 10 heteroatoms. The van der Waals surface area contributed by atoms with Crippen molar-refractivity contribution in [1.29, 1.82) is 0 Å². The first-order valence-electron chi connectivity index (χ1n) is 8.55. The number of nitrogens with two attached hydrogens (primary N) is 1. The topological polar surface area (TPSA) is 126 Å². The lowest BCUT2D eigenvalue weighted by atomic mass is 10.2. The molecule has 0 bridgehead atoms. The first-order valence-corrected chi connectivity index (χ1v) is 8.92. The van der Waals surface area contributed by atoms with Gasteiger partial charge in [-0.25, -0.2) is 4.79 Å². The number of halogens is 1. The van der Waals surface area contributed by atoms with Crippen LogP contribution in [0.3, 0.4) is 0 Å². The first-order chi connectivity index (χ1) is 13.4. The van der Waals surface area contributed by atoms with Crippen LogP contribution in [0.25, 0.3) is 11.0 Å². The van der Waals surface area contributed by atoms with Gasteiger partial charge in [0, 0.05) is 37.3 Å². The first kappa shape index (κ1) is 18.1. The number of nitrogens with zero attached hydrogens (tertiary/aromatic N) is 3. The van der Waals surface area contributed by atoms with Crippen LogP contribution in [-0.2, 0) is 0 Å². The van der Waals surface area contributed by atoms with E-state index >= 15 is 0 Å². The summed E-state index contributed by atoms with van der Waals surface area (Å²) in [6, 6.07) is 5.87. The Morgan fingerprint density at radius 1 is 1.18 bits per heavy atom. The molecule has 144 valence electrons. The predicted octanol–water partition coefficient (Wildman–Crippen LogP) is 1.07. The molecule has 1 saturated heterocycles. The van der Waals surface area contributed by atoms with Crippen LogP contribution < -0.4 is 21.8 Å². The number of H-pyrrole nitrogens is 1. The summed E-state index contributed by atoms with van der Waals surface area (Å²) in [6.07, 6.45) is 1.42. The van der Waals surface area contributed by atoms with Crippen LogP contribution in [-0.4, -0.2) is 47.0 Å². The molecule has 28 heavy (non-hydrogen) atoms. The van der Waals surface area contributed by atoms with Crippen molar-refractivity contribution >= 4 is 40.0 Å². The smallest absolute Gasteiger partial charge is 0.346 e. The molecule has 0 aliphatic carbocycles. The standard InChI is InChI=1S/C18H16ClN5O4/c19-10-1-2-14-11(7-10)13(25)8-15(28-14)17(26)24-5-3-23(4-6-24)12-9-21-18(27)22-16(12)20/h1-2,7-9H,3-6H2,(H3,20,21,22,27). The SMILES string of the molecule is Nc1[nH]c(=O)ncc1N1CCN(C(=O)c2cc(=O)c3cc(Cl)ccc3o2)CC1. The van der Waals surface area contributed by atoms with Crippen LogP contribution in [0, 0.1) is 0 Å². The van der Waals surface area contributed by atoms with Crippen molar-refractivity contribution in [3.63, 3.8) is 0 Å². The highest BCUT2D eigenvalue weighted by molar-refractivity contribution is 6.31. The Kier molecular flexibility index (Phi) is 4.52. The fourth-order valence-corrected chi connectivity index (χ4v) is 3.37. The number of rotatable bonds is 2. The van der Waals surface area contributed by atoms with Crippen LogP contribution in [0.1, 0.15) is 10.6 Å². The minimum Gasteiger partial charge on any atom is -0.451 e. The summed E-state index contributed by atoms with van der Waals surface area (Å²) < 4.78 is 5.62. The maximum atomic E-state index is 12.8. The molecule has 3 N–H and O–H groups in total. The van der Waals surface area contributed by atoms with Gasteiger partial charge in [0.15, 0.2) is 11.2 Å². The van der Waals surface area contributed by atoms with Gasteiger partial charge in [0.25, 0.3) is 5.91 Å². The van der Waals surface area contributed by atoms with E-state index in [0.717, 1.165) is 0 Å². The molecule has 0 atom stereocenters. The van der Waals surface area contributed by atoms with Gasteiger partial charge in [0.05, 0.1) is 17.3 Å². The zero-order valence-corrected chi connectivity index (χ0v) is 15.4. The lowest BCUT2D eigenvalue weighted by molar-refractivity contribution is 0.0715. The van der Waals surface area contributed by atoms with E-state index < -0.39 is 5.69 Å². The third-order valence-corrected chi connectivity index (χ3v) is 4.86. The summed E-state index contributed by atoms with van der Waals surface area (Å²) in [4.78, 5) is 46.0. The van der Waals surface area contributed by atoms with Gasteiger partial charge in [-0.15, -0.1) is 0 Å². The van der Waals surface area contributed by atoms with Crippen molar-refractivity contribution in [3.8, 4) is 0 Å². The van der Waals surface area contributed by atoms with E-state index in [1.165, 1.54) is 18.3 Å². The molecule has 1 aliphatic heterocycles. The second kappa shape index (κ2) is 7.01. The minimum absolute atomic E-state index is 0.0153. The number of fused-ring (bicyclic) bond motifs is 1. The van der Waals surface area contributed by atoms with Gasteiger partial charge in [-0.05, 0) is 18.2 Å². The van der Waals surface area contributed by atoms with E-state index in [1.807, 2.05) is 4.90 Å². The third-order valence-electron chi connectivity index (χ3n) is 4.63. The Labute approximate surface area is 163 Å². The van der Waals surface area contributed by atoms with E-state index in [9.17, 15) is 14.4 Å². The van der Waals surface area contributed by atoms with Crippen molar-refractivity contribution in [1.82, 2.24) is 14.9 Å². The highest BCUT2D eigenvalue weighted by Gasteiger charge is 2.25. The number of anilines is 2. The Hall–Kier alpha value is -3.33. The molecular formula is C18H16ClN5O4. The van der Waals surface area contributed by atoms with Gasteiger partial charge in [0.2, 0.25) is 0 Å². The number of benzene rings is 1. The number of piperazine rings is 1. The van der Waals surface area contributed by atoms with Gasteiger partial charge in [-0.1, -0.05) is 11.6 Å². The number of aromatic nitrogens is 2. The molecule has 9 nitrogen and oxygen atoms in total. The zero-order valence-electron chi connectivity index (χ0n) is 14.6. The second-order valence-corrected chi connectivity index (χ2v) is 6.82. The molecule has 3 heterocycles. The molecule has 3 aromatic rings. The van der Waals surface area contributed by atoms with Crippen LogP contribution in [0.5, 0.6) is 0 Å². The molecule has 4 rings (SSSR count). The molecule has 1 aliphatic rings. The average molecular weight is 402 g/mol. The summed E-state index contributed by atoms with van der Waals surface area (Å²) >= 11 is 5.91. The summed E-state index contributed by atoms with van der Waals surface area (Å²) in [5.41, 5.74) is 5.93. The quantitative estimate of drug-likeness (QED) is 0.657. The molecule has 1 fully saturated rings. The number of hydrogen-bond acceptors (Lipinski definition) is 7. The maximum absolute atomic E-state index is 12.8. The van der Waals surface area contributed by atoms with Crippen LogP contribution >= 0.6 is 11.6 Å². The van der Waals surface area contributed by atoms with E-state index in [-0.39, 0.29) is 22.9 Å². The normalized spacial score (nSPS) is 14.5. The Balaban J connectivity index is 1.52. The second-order valence-electron chi connectivity index (χ2n) is 6.38. The Morgan fingerprint density at radius 3 is 2.64 bits per heavy atom. The monoisotopic (exact) mass is 401 g/mol. The fraction of sp³-hybridized carbons (Fsp3) is 0.222. The van der Waals surface area contributed by atoms with Crippen molar-refractivity contribution in [2.45, 2.75) is 0 Å². The molecule has 2 aromatic heterocycles. The van der Waals surface area contributed by atoms with Crippen molar-refractivity contribution in [2.24, 2.45) is 0 Å². The van der Waals surface area contributed by atoms with Gasteiger partial charge in [-0.3, -0.25) is 14.6 Å². The van der Waals surface area contributed by atoms with Gasteiger partial charge in [0.1, 0.15) is 11.4 Å². The largest absolute Gasteiger partial charge is 0.451 e. The van der Waals surface area contributed by atoms with E-state index in [2.05, 4.69) is 9.97 Å². The van der Waals surface area contributed by atoms with Crippen molar-refractivity contribution in [2.75, 3.05) is 36.8 Å². The summed E-state index contributed by atoms with van der Waals surface area (Å²) in [5.74, 6) is -0.140. The number of carbonyl (C=O) groups excluding carboxylic acids is 1. The number of hydrogen-bond donors (Lipinski definition) is 2. The number of carbonyl (C=O) groups is 1. The Morgan fingerprint density at radius 2 is 1.93 bits per heavy atom. The lowest BCUT2D eigenvalue weighted by Crippen LogP contribution is -2.49. The van der Waals surface area contributed by atoms with E-state index in [4.69, 9.17) is 21.8 Å². The summed E-state index contributed by atoms with van der Waals surface area (Å²) in [5, 5.41) is 0.751. The summed E-state index contributed by atoms with van der Waals surface area (Å²) in [7, 11) is 0. The van der Waals surface area contributed by atoms with Crippen LogP contribution in [0.4, 0.5) is 11.5 Å². The number of amides is 1. The molecule has 0 unspecified atom stereocenters. The average Bonchev–Trinajstić information content (AvgIpc) is 2.68. The minimum atomic E-state index is -0.511. The van der Waals surface area contributed by atoms with Gasteiger partial charge >= 0.3 is 5.69 Å². The highest BCUT2D eigenvalue weighted by atomic mass is 35.5. The number of nitrogens with one attached hydrogen (secondary N) is 1. The van der Waals surface area contributed by atoms with E-state index in [1.54, 1.807) is 17.0 Å². The summed E-state index contributed by atoms with van der Waals surface area (Å²) in [6.45, 7) is 1.80. The molecule has 0 radical (unpaired) electrons. The number of aromatic amines is 1. The predicted molar refractivity (Wildman–Crippen MR) is 105 cm³/mol. The molecule has 1 amide bonds. The molecular weight excluding hydrogens is 386 g/mol. The third kappa shape index (κ3) is 3.31. The number of nitrogen functional groups attached to an aromatic ring is 1. The highest BCUT2D eigenvalue weighted by Crippen LogP contribution is 2.21. The fourth-order valence-electron chi connectivity index (χ4n) is 3.19. The van der Waals surface area contributed by atoms with Crippen molar-refractivity contribution in [3.05, 3.63) is 62.0 Å². The van der Waals surface area contributed by atoms with Crippen LogP contribution in [0.15, 0.2) is 44.5 Å². The van der Waals surface area contributed by atoms with Crippen LogP contribution in [0.2, 0.25) is 5.02 Å². The maximum Gasteiger partial charge on any atom is 0.346 e.